The molecule has 0 saturated carbocycles. The van der Waals surface area contributed by atoms with Crippen LogP contribution < -0.4 is 10.1 Å². The van der Waals surface area contributed by atoms with Gasteiger partial charge < -0.3 is 10.1 Å². The van der Waals surface area contributed by atoms with Crippen molar-refractivity contribution in [3.05, 3.63) is 71.8 Å². The van der Waals surface area contributed by atoms with Crippen LogP contribution in [0.25, 0.3) is 5.69 Å². The summed E-state index contributed by atoms with van der Waals surface area (Å²) in [5.74, 6) is 0.799. The average molecular weight is 364 g/mol. The fourth-order valence-electron chi connectivity index (χ4n) is 2.77. The highest BCUT2D eigenvalue weighted by Crippen LogP contribution is 2.19. The van der Waals surface area contributed by atoms with E-state index in [4.69, 9.17) is 4.74 Å². The standard InChI is InChI=1S/C21H24N4O2/c1-15-4-5-16(2)20(12-15)27-11-10-21(26)24-17(3)18-6-8-19(9-7-18)25-14-22-13-23-25/h4-9,12-14,17H,10-11H2,1-3H3,(H,24,26)/t17-/m1/s1. The minimum Gasteiger partial charge on any atom is -0.493 e. The second-order valence-corrected chi connectivity index (χ2v) is 6.59. The van der Waals surface area contributed by atoms with E-state index in [2.05, 4.69) is 15.4 Å². The lowest BCUT2D eigenvalue weighted by Crippen LogP contribution is -2.27. The molecule has 3 rings (SSSR count). The molecule has 0 aliphatic heterocycles. The summed E-state index contributed by atoms with van der Waals surface area (Å²) in [6.45, 7) is 6.34. The number of aromatic nitrogens is 3. The summed E-state index contributed by atoms with van der Waals surface area (Å²) < 4.78 is 7.45. The normalized spacial score (nSPS) is 11.8. The molecule has 6 heteroatoms. The Morgan fingerprint density at radius 2 is 1.96 bits per heavy atom. The Balaban J connectivity index is 1.49. The van der Waals surface area contributed by atoms with E-state index in [-0.39, 0.29) is 11.9 Å². The maximum Gasteiger partial charge on any atom is 0.223 e. The predicted octanol–water partition coefficient (Wildman–Crippen LogP) is 3.53. The lowest BCUT2D eigenvalue weighted by atomic mass is 10.1. The second-order valence-electron chi connectivity index (χ2n) is 6.59. The van der Waals surface area contributed by atoms with Crippen LogP contribution >= 0.6 is 0 Å². The van der Waals surface area contributed by atoms with Gasteiger partial charge in [0.1, 0.15) is 18.4 Å². The van der Waals surface area contributed by atoms with Gasteiger partial charge in [-0.3, -0.25) is 4.79 Å². The van der Waals surface area contributed by atoms with E-state index in [1.807, 2.05) is 63.2 Å². The van der Waals surface area contributed by atoms with Gasteiger partial charge in [-0.2, -0.15) is 5.10 Å². The zero-order chi connectivity index (χ0) is 19.2. The van der Waals surface area contributed by atoms with Gasteiger partial charge in [0.25, 0.3) is 0 Å². The Labute approximate surface area is 159 Å². The molecule has 0 aliphatic carbocycles. The highest BCUT2D eigenvalue weighted by atomic mass is 16.5. The Morgan fingerprint density at radius 1 is 1.19 bits per heavy atom. The molecule has 1 atom stereocenters. The van der Waals surface area contributed by atoms with Crippen molar-refractivity contribution in [3.63, 3.8) is 0 Å². The van der Waals surface area contributed by atoms with E-state index in [0.717, 1.165) is 28.1 Å². The number of carbonyl (C=O) groups is 1. The molecule has 1 aromatic heterocycles. The molecule has 1 heterocycles. The molecule has 0 saturated heterocycles. The van der Waals surface area contributed by atoms with Crippen LogP contribution in [0.3, 0.4) is 0 Å². The summed E-state index contributed by atoms with van der Waals surface area (Å²) in [6, 6.07) is 13.9. The largest absolute Gasteiger partial charge is 0.493 e. The molecule has 3 aromatic rings. The van der Waals surface area contributed by atoms with Crippen LogP contribution in [0.2, 0.25) is 0 Å². The number of benzene rings is 2. The topological polar surface area (TPSA) is 69.0 Å². The van der Waals surface area contributed by atoms with E-state index in [9.17, 15) is 4.79 Å². The van der Waals surface area contributed by atoms with Crippen LogP contribution in [0, 0.1) is 13.8 Å². The van der Waals surface area contributed by atoms with Gasteiger partial charge >= 0.3 is 0 Å². The van der Waals surface area contributed by atoms with Crippen LogP contribution in [0.4, 0.5) is 0 Å². The summed E-state index contributed by atoms with van der Waals surface area (Å²) >= 11 is 0. The smallest absolute Gasteiger partial charge is 0.223 e. The van der Waals surface area contributed by atoms with E-state index in [1.54, 1.807) is 11.0 Å². The molecule has 0 spiro atoms. The van der Waals surface area contributed by atoms with Gasteiger partial charge in [0.2, 0.25) is 5.91 Å². The fourth-order valence-corrected chi connectivity index (χ4v) is 2.77. The second kappa shape index (κ2) is 8.49. The molecular weight excluding hydrogens is 340 g/mol. The van der Waals surface area contributed by atoms with Gasteiger partial charge in [0, 0.05) is 0 Å². The summed E-state index contributed by atoms with van der Waals surface area (Å²) in [6.07, 6.45) is 3.46. The van der Waals surface area contributed by atoms with Crippen molar-refractivity contribution in [2.75, 3.05) is 6.61 Å². The molecule has 1 N–H and O–H groups in total. The molecule has 0 bridgehead atoms. The Hall–Kier alpha value is -3.15. The molecular formula is C21H24N4O2. The average Bonchev–Trinajstić information content (AvgIpc) is 3.19. The SMILES string of the molecule is Cc1ccc(C)c(OCCC(=O)N[C@H](C)c2ccc(-n3cncn3)cc2)c1. The first-order valence-electron chi connectivity index (χ1n) is 8.97. The minimum absolute atomic E-state index is 0.0341. The van der Waals surface area contributed by atoms with Gasteiger partial charge in [0.05, 0.1) is 24.8 Å². The maximum atomic E-state index is 12.2. The number of amides is 1. The molecule has 27 heavy (non-hydrogen) atoms. The van der Waals surface area contributed by atoms with Gasteiger partial charge in [-0.25, -0.2) is 9.67 Å². The van der Waals surface area contributed by atoms with Crippen LogP contribution in [0.15, 0.2) is 55.1 Å². The molecule has 140 valence electrons. The van der Waals surface area contributed by atoms with Crippen LogP contribution in [-0.4, -0.2) is 27.3 Å². The van der Waals surface area contributed by atoms with E-state index >= 15 is 0 Å². The molecule has 0 radical (unpaired) electrons. The third kappa shape index (κ3) is 4.94. The number of rotatable bonds is 7. The molecule has 0 aliphatic rings. The predicted molar refractivity (Wildman–Crippen MR) is 104 cm³/mol. The zero-order valence-corrected chi connectivity index (χ0v) is 15.8. The quantitative estimate of drug-likeness (QED) is 0.696. The first kappa shape index (κ1) is 18.6. The number of nitrogens with one attached hydrogen (secondary N) is 1. The van der Waals surface area contributed by atoms with Crippen molar-refractivity contribution in [2.24, 2.45) is 0 Å². The van der Waals surface area contributed by atoms with E-state index in [1.165, 1.54) is 6.33 Å². The first-order valence-corrected chi connectivity index (χ1v) is 8.97. The van der Waals surface area contributed by atoms with Crippen molar-refractivity contribution < 1.29 is 9.53 Å². The number of hydrogen-bond acceptors (Lipinski definition) is 4. The highest BCUT2D eigenvalue weighted by Gasteiger charge is 2.10. The van der Waals surface area contributed by atoms with Crippen molar-refractivity contribution in [1.82, 2.24) is 20.1 Å². The van der Waals surface area contributed by atoms with Crippen molar-refractivity contribution in [2.45, 2.75) is 33.2 Å². The Kier molecular flexibility index (Phi) is 5.86. The number of ether oxygens (including phenoxy) is 1. The lowest BCUT2D eigenvalue weighted by Gasteiger charge is -2.15. The molecule has 0 unspecified atom stereocenters. The van der Waals surface area contributed by atoms with Crippen LogP contribution in [0.1, 0.15) is 36.1 Å². The molecule has 6 nitrogen and oxygen atoms in total. The number of aryl methyl sites for hydroxylation is 2. The third-order valence-electron chi connectivity index (χ3n) is 4.38. The Bertz CT molecular complexity index is 889. The zero-order valence-electron chi connectivity index (χ0n) is 15.8. The van der Waals surface area contributed by atoms with Gasteiger partial charge in [0.15, 0.2) is 0 Å². The van der Waals surface area contributed by atoms with Crippen molar-refractivity contribution >= 4 is 5.91 Å². The summed E-state index contributed by atoms with van der Waals surface area (Å²) in [4.78, 5) is 16.1. The van der Waals surface area contributed by atoms with Gasteiger partial charge in [-0.1, -0.05) is 24.3 Å². The van der Waals surface area contributed by atoms with Crippen LogP contribution in [-0.2, 0) is 4.79 Å². The number of hydrogen-bond donors (Lipinski definition) is 1. The maximum absolute atomic E-state index is 12.2. The monoisotopic (exact) mass is 364 g/mol. The summed E-state index contributed by atoms with van der Waals surface area (Å²) in [7, 11) is 0. The lowest BCUT2D eigenvalue weighted by molar-refractivity contribution is -0.122. The molecule has 1 amide bonds. The van der Waals surface area contributed by atoms with Gasteiger partial charge in [-0.15, -0.1) is 0 Å². The Morgan fingerprint density at radius 3 is 2.67 bits per heavy atom. The first-order chi connectivity index (χ1) is 13.0. The number of nitrogens with zero attached hydrogens (tertiary/aromatic N) is 3. The number of carbonyl (C=O) groups excluding carboxylic acids is 1. The molecule has 0 fully saturated rings. The van der Waals surface area contributed by atoms with Gasteiger partial charge in [-0.05, 0) is 55.7 Å². The summed E-state index contributed by atoms with van der Waals surface area (Å²) in [5.41, 5.74) is 4.17. The highest BCUT2D eigenvalue weighted by molar-refractivity contribution is 5.76. The minimum atomic E-state index is -0.0806. The van der Waals surface area contributed by atoms with E-state index in [0.29, 0.717) is 13.0 Å². The van der Waals surface area contributed by atoms with E-state index < -0.39 is 0 Å². The van der Waals surface area contributed by atoms with Crippen LogP contribution in [0.5, 0.6) is 5.75 Å². The van der Waals surface area contributed by atoms with Crippen molar-refractivity contribution in [1.29, 1.82) is 0 Å². The molecule has 2 aromatic carbocycles. The summed E-state index contributed by atoms with van der Waals surface area (Å²) in [5, 5.41) is 7.11. The van der Waals surface area contributed by atoms with Crippen molar-refractivity contribution in [3.8, 4) is 11.4 Å². The third-order valence-corrected chi connectivity index (χ3v) is 4.38. The fraction of sp³-hybridized carbons (Fsp3) is 0.286.